The molecular formula is C15H22N2O3S2. The van der Waals surface area contributed by atoms with Gasteiger partial charge in [-0.3, -0.25) is 4.79 Å². The maximum absolute atomic E-state index is 12.5. The zero-order valence-electron chi connectivity index (χ0n) is 12.6. The number of rotatable bonds is 6. The van der Waals surface area contributed by atoms with E-state index < -0.39 is 10.0 Å². The minimum absolute atomic E-state index is 0.00656. The number of primary sulfonamides is 1. The molecule has 0 unspecified atom stereocenters. The first kappa shape index (κ1) is 17.3. The van der Waals surface area contributed by atoms with Crippen LogP contribution in [0.2, 0.25) is 0 Å². The number of hydrogen-bond acceptors (Lipinski definition) is 4. The van der Waals surface area contributed by atoms with Crippen LogP contribution in [0.1, 0.15) is 25.3 Å². The summed E-state index contributed by atoms with van der Waals surface area (Å²) in [6.07, 6.45) is 1.54. The molecule has 122 valence electrons. The van der Waals surface area contributed by atoms with E-state index in [9.17, 15) is 13.2 Å². The third kappa shape index (κ3) is 5.00. The van der Waals surface area contributed by atoms with Gasteiger partial charge in [-0.2, -0.15) is 0 Å². The lowest BCUT2D eigenvalue weighted by atomic mass is 10.2. The smallest absolute Gasteiger partial charge is 0.235 e. The minimum atomic E-state index is -3.56. The van der Waals surface area contributed by atoms with Gasteiger partial charge in [0.15, 0.2) is 0 Å². The predicted octanol–water partition coefficient (Wildman–Crippen LogP) is 1.59. The topological polar surface area (TPSA) is 80.5 Å². The fraction of sp³-hybridized carbons (Fsp3) is 0.533. The number of carbonyl (C=O) groups excluding carboxylic acids is 1. The molecule has 1 aromatic rings. The Balaban J connectivity index is 1.92. The minimum Gasteiger partial charge on any atom is -0.338 e. The quantitative estimate of drug-likeness (QED) is 0.851. The van der Waals surface area contributed by atoms with Crippen LogP contribution in [0.4, 0.5) is 0 Å². The maximum atomic E-state index is 12.5. The monoisotopic (exact) mass is 342 g/mol. The molecule has 7 heteroatoms. The lowest BCUT2D eigenvalue weighted by Crippen LogP contribution is -2.44. The first-order valence-electron chi connectivity index (χ1n) is 7.33. The van der Waals surface area contributed by atoms with E-state index in [2.05, 4.69) is 0 Å². The average molecular weight is 342 g/mol. The number of benzene rings is 1. The number of thioether (sulfide) groups is 1. The molecule has 0 spiro atoms. The van der Waals surface area contributed by atoms with Crippen molar-refractivity contribution >= 4 is 27.7 Å². The van der Waals surface area contributed by atoms with Crippen LogP contribution < -0.4 is 5.14 Å². The molecule has 1 amide bonds. The third-order valence-electron chi connectivity index (χ3n) is 3.78. The van der Waals surface area contributed by atoms with Crippen molar-refractivity contribution < 1.29 is 13.2 Å². The molecule has 0 aromatic heterocycles. The third-order valence-corrected chi connectivity index (χ3v) is 5.83. The highest BCUT2D eigenvalue weighted by atomic mass is 32.2. The van der Waals surface area contributed by atoms with Gasteiger partial charge in [0.25, 0.3) is 0 Å². The number of nitrogens with two attached hydrogens (primary N) is 1. The van der Waals surface area contributed by atoms with Crippen molar-refractivity contribution in [3.05, 3.63) is 35.9 Å². The molecule has 0 bridgehead atoms. The van der Waals surface area contributed by atoms with E-state index in [1.54, 1.807) is 16.7 Å². The van der Waals surface area contributed by atoms with Crippen LogP contribution in [0.15, 0.2) is 30.3 Å². The molecule has 1 fully saturated rings. The van der Waals surface area contributed by atoms with E-state index >= 15 is 0 Å². The van der Waals surface area contributed by atoms with Crippen molar-refractivity contribution in [1.82, 2.24) is 4.90 Å². The van der Waals surface area contributed by atoms with E-state index in [0.717, 1.165) is 12.2 Å². The Bertz CT molecular complexity index is 604. The second-order valence-electron chi connectivity index (χ2n) is 5.60. The number of sulfonamides is 1. The molecule has 22 heavy (non-hydrogen) atoms. The van der Waals surface area contributed by atoms with Gasteiger partial charge in [0.05, 0.1) is 11.0 Å². The van der Waals surface area contributed by atoms with Gasteiger partial charge in [-0.05, 0) is 25.3 Å². The van der Waals surface area contributed by atoms with Crippen molar-refractivity contribution in [1.29, 1.82) is 0 Å². The zero-order valence-corrected chi connectivity index (χ0v) is 14.3. The van der Waals surface area contributed by atoms with E-state index in [0.29, 0.717) is 13.0 Å². The van der Waals surface area contributed by atoms with Gasteiger partial charge < -0.3 is 4.90 Å². The largest absolute Gasteiger partial charge is 0.338 e. The van der Waals surface area contributed by atoms with Crippen LogP contribution in [0, 0.1) is 0 Å². The summed E-state index contributed by atoms with van der Waals surface area (Å²) in [5.41, 5.74) is 1.18. The van der Waals surface area contributed by atoms with Crippen molar-refractivity contribution in [2.24, 2.45) is 5.14 Å². The fourth-order valence-corrected chi connectivity index (χ4v) is 4.46. The highest BCUT2D eigenvalue weighted by Gasteiger charge is 2.33. The fourth-order valence-electron chi connectivity index (χ4n) is 2.67. The van der Waals surface area contributed by atoms with Gasteiger partial charge in [-0.1, -0.05) is 30.3 Å². The normalized spacial score (nSPS) is 20.1. The lowest BCUT2D eigenvalue weighted by molar-refractivity contribution is -0.130. The van der Waals surface area contributed by atoms with Crippen molar-refractivity contribution in [3.8, 4) is 0 Å². The molecule has 1 saturated heterocycles. The molecule has 1 aliphatic heterocycles. The van der Waals surface area contributed by atoms with Crippen LogP contribution in [-0.4, -0.2) is 42.8 Å². The number of hydrogen-bond donors (Lipinski definition) is 1. The molecule has 2 N–H and O–H groups in total. The van der Waals surface area contributed by atoms with Crippen LogP contribution in [0.5, 0.6) is 0 Å². The molecule has 0 radical (unpaired) electrons. The Hall–Kier alpha value is -1.05. The summed E-state index contributed by atoms with van der Waals surface area (Å²) >= 11 is 1.57. The number of likely N-dealkylation sites (tertiary alicyclic amines) is 1. The summed E-state index contributed by atoms with van der Waals surface area (Å²) in [5, 5.41) is 4.92. The van der Waals surface area contributed by atoms with Gasteiger partial charge in [-0.15, -0.1) is 11.8 Å². The number of carbonyl (C=O) groups is 1. The SMILES string of the molecule is C[C@@H](SCc1ccccc1)C(=O)N1CCC[C@@H]1CS(N)(=O)=O. The van der Waals surface area contributed by atoms with E-state index in [4.69, 9.17) is 5.14 Å². The highest BCUT2D eigenvalue weighted by molar-refractivity contribution is 7.99. The summed E-state index contributed by atoms with van der Waals surface area (Å²) in [6.45, 7) is 2.50. The zero-order chi connectivity index (χ0) is 16.2. The van der Waals surface area contributed by atoms with Gasteiger partial charge >= 0.3 is 0 Å². The second kappa shape index (κ2) is 7.48. The Labute approximate surface area is 136 Å². The summed E-state index contributed by atoms with van der Waals surface area (Å²) in [6, 6.07) is 9.71. The molecule has 1 aliphatic rings. The standard InChI is InChI=1S/C15H22N2O3S2/c1-12(21-10-13-6-3-2-4-7-13)15(18)17-9-5-8-14(17)11-22(16,19)20/h2-4,6-7,12,14H,5,8-11H2,1H3,(H2,16,19,20)/t12-,14-/m1/s1. The molecule has 0 aliphatic carbocycles. The highest BCUT2D eigenvalue weighted by Crippen LogP contribution is 2.24. The first-order chi connectivity index (χ1) is 10.4. The van der Waals surface area contributed by atoms with E-state index in [-0.39, 0.29) is 23.0 Å². The molecule has 1 heterocycles. The van der Waals surface area contributed by atoms with E-state index in [1.165, 1.54) is 5.56 Å². The maximum Gasteiger partial charge on any atom is 0.235 e. The Morgan fingerprint density at radius 3 is 2.73 bits per heavy atom. The van der Waals surface area contributed by atoms with Crippen LogP contribution >= 0.6 is 11.8 Å². The molecule has 2 atom stereocenters. The lowest BCUT2D eigenvalue weighted by Gasteiger charge is -2.26. The van der Waals surface area contributed by atoms with Crippen molar-refractivity contribution in [2.45, 2.75) is 36.8 Å². The van der Waals surface area contributed by atoms with Crippen LogP contribution in [0.25, 0.3) is 0 Å². The van der Waals surface area contributed by atoms with Gasteiger partial charge in [0.1, 0.15) is 0 Å². The van der Waals surface area contributed by atoms with Crippen LogP contribution in [0.3, 0.4) is 0 Å². The molecule has 5 nitrogen and oxygen atoms in total. The van der Waals surface area contributed by atoms with Crippen molar-refractivity contribution in [3.63, 3.8) is 0 Å². The Morgan fingerprint density at radius 2 is 2.09 bits per heavy atom. The Kier molecular flexibility index (Phi) is 5.88. The summed E-state index contributed by atoms with van der Waals surface area (Å²) < 4.78 is 22.5. The summed E-state index contributed by atoms with van der Waals surface area (Å²) in [7, 11) is -3.56. The number of nitrogens with zero attached hydrogens (tertiary/aromatic N) is 1. The second-order valence-corrected chi connectivity index (χ2v) is 8.58. The summed E-state index contributed by atoms with van der Waals surface area (Å²) in [5.74, 6) is 0.628. The predicted molar refractivity (Wildman–Crippen MR) is 89.9 cm³/mol. The van der Waals surface area contributed by atoms with Gasteiger partial charge in [-0.25, -0.2) is 13.6 Å². The van der Waals surface area contributed by atoms with Gasteiger partial charge in [0, 0.05) is 18.3 Å². The first-order valence-corrected chi connectivity index (χ1v) is 10.1. The molecule has 1 aromatic carbocycles. The molecular weight excluding hydrogens is 320 g/mol. The van der Waals surface area contributed by atoms with E-state index in [1.807, 2.05) is 37.3 Å². The Morgan fingerprint density at radius 1 is 1.41 bits per heavy atom. The molecule has 2 rings (SSSR count). The average Bonchev–Trinajstić information content (AvgIpc) is 2.91. The summed E-state index contributed by atoms with van der Waals surface area (Å²) in [4.78, 5) is 14.2. The molecule has 0 saturated carbocycles. The van der Waals surface area contributed by atoms with Crippen molar-refractivity contribution in [2.75, 3.05) is 12.3 Å². The van der Waals surface area contributed by atoms with Gasteiger partial charge in [0.2, 0.25) is 15.9 Å². The number of amides is 1. The van der Waals surface area contributed by atoms with Crippen LogP contribution in [-0.2, 0) is 20.6 Å².